The van der Waals surface area contributed by atoms with Gasteiger partial charge in [-0.05, 0) is 41.7 Å². The molecule has 2 aromatic carbocycles. The smallest absolute Gasteiger partial charge is 0.337 e. The third kappa shape index (κ3) is 5.84. The van der Waals surface area contributed by atoms with Crippen LogP contribution >= 0.6 is 0 Å². The Balaban J connectivity index is 1.91. The zero-order chi connectivity index (χ0) is 20.0. The van der Waals surface area contributed by atoms with Gasteiger partial charge in [-0.2, -0.15) is 0 Å². The van der Waals surface area contributed by atoms with Crippen molar-refractivity contribution < 1.29 is 19.1 Å². The number of ether oxygens (including phenoxy) is 2. The largest absolute Gasteiger partial charge is 0.483 e. The predicted octanol–water partition coefficient (Wildman–Crippen LogP) is 3.77. The van der Waals surface area contributed by atoms with Crippen LogP contribution in [0.25, 0.3) is 0 Å². The quantitative estimate of drug-likeness (QED) is 0.787. The number of hydrogen-bond donors (Lipinski definition) is 1. The number of rotatable bonds is 6. The molecule has 2 aromatic rings. The van der Waals surface area contributed by atoms with E-state index >= 15 is 0 Å². The second-order valence-electron chi connectivity index (χ2n) is 7.50. The lowest BCUT2D eigenvalue weighted by Crippen LogP contribution is -2.29. The van der Waals surface area contributed by atoms with E-state index in [4.69, 9.17) is 4.74 Å². The first-order chi connectivity index (χ1) is 12.7. The van der Waals surface area contributed by atoms with Crippen LogP contribution in [0.2, 0.25) is 0 Å². The summed E-state index contributed by atoms with van der Waals surface area (Å²) in [5.41, 5.74) is 3.53. The van der Waals surface area contributed by atoms with Crippen LogP contribution in [-0.2, 0) is 21.5 Å². The Hall–Kier alpha value is -2.82. The fourth-order valence-electron chi connectivity index (χ4n) is 2.63. The highest BCUT2D eigenvalue weighted by Crippen LogP contribution is 2.32. The van der Waals surface area contributed by atoms with Gasteiger partial charge in [0.05, 0.1) is 12.7 Å². The van der Waals surface area contributed by atoms with Gasteiger partial charge in [-0.1, -0.05) is 50.6 Å². The molecule has 0 aromatic heterocycles. The van der Waals surface area contributed by atoms with Crippen LogP contribution < -0.4 is 10.1 Å². The SMILES string of the molecule is COC(=O)c1ccc(CNC(=O)COc2ccc(C)cc2C(C)(C)C)cc1. The summed E-state index contributed by atoms with van der Waals surface area (Å²) < 4.78 is 10.4. The van der Waals surface area contributed by atoms with E-state index in [1.165, 1.54) is 7.11 Å². The highest BCUT2D eigenvalue weighted by molar-refractivity contribution is 5.89. The van der Waals surface area contributed by atoms with Gasteiger partial charge in [0.2, 0.25) is 0 Å². The summed E-state index contributed by atoms with van der Waals surface area (Å²) in [6.07, 6.45) is 0. The molecule has 0 saturated carbocycles. The number of aryl methyl sites for hydroxylation is 1. The molecule has 0 bridgehead atoms. The molecule has 5 heteroatoms. The third-order valence-electron chi connectivity index (χ3n) is 4.17. The zero-order valence-corrected chi connectivity index (χ0v) is 16.6. The van der Waals surface area contributed by atoms with Gasteiger partial charge in [0, 0.05) is 6.54 Å². The molecular weight excluding hydrogens is 342 g/mol. The standard InChI is InChI=1S/C22H27NO4/c1-15-6-11-19(18(12-15)22(2,3)4)27-14-20(24)23-13-16-7-9-17(10-8-16)21(25)26-5/h6-12H,13-14H2,1-5H3,(H,23,24). The highest BCUT2D eigenvalue weighted by Gasteiger charge is 2.19. The van der Waals surface area contributed by atoms with Crippen LogP contribution in [0.5, 0.6) is 5.75 Å². The van der Waals surface area contributed by atoms with Gasteiger partial charge < -0.3 is 14.8 Å². The van der Waals surface area contributed by atoms with E-state index in [2.05, 4.69) is 36.9 Å². The minimum atomic E-state index is -0.383. The van der Waals surface area contributed by atoms with Crippen LogP contribution in [-0.4, -0.2) is 25.6 Å². The van der Waals surface area contributed by atoms with Crippen molar-refractivity contribution in [2.45, 2.75) is 39.7 Å². The summed E-state index contributed by atoms with van der Waals surface area (Å²) in [4.78, 5) is 23.6. The van der Waals surface area contributed by atoms with E-state index in [-0.39, 0.29) is 23.9 Å². The first-order valence-corrected chi connectivity index (χ1v) is 8.88. The van der Waals surface area contributed by atoms with E-state index < -0.39 is 0 Å². The molecule has 1 N–H and O–H groups in total. The van der Waals surface area contributed by atoms with Crippen molar-refractivity contribution in [2.75, 3.05) is 13.7 Å². The van der Waals surface area contributed by atoms with Crippen LogP contribution in [0.4, 0.5) is 0 Å². The normalized spacial score (nSPS) is 11.0. The van der Waals surface area contributed by atoms with Gasteiger partial charge in [0.1, 0.15) is 5.75 Å². The Morgan fingerprint density at radius 3 is 2.30 bits per heavy atom. The second kappa shape index (κ2) is 8.71. The maximum Gasteiger partial charge on any atom is 0.337 e. The monoisotopic (exact) mass is 369 g/mol. The highest BCUT2D eigenvalue weighted by atomic mass is 16.5. The van der Waals surface area contributed by atoms with Crippen LogP contribution in [0.3, 0.4) is 0 Å². The van der Waals surface area contributed by atoms with Crippen LogP contribution in [0.1, 0.15) is 47.8 Å². The molecule has 0 spiro atoms. The lowest BCUT2D eigenvalue weighted by atomic mass is 9.85. The van der Waals surface area contributed by atoms with E-state index in [0.717, 1.165) is 22.4 Å². The fourth-order valence-corrected chi connectivity index (χ4v) is 2.63. The summed E-state index contributed by atoms with van der Waals surface area (Å²) in [6.45, 7) is 8.71. The zero-order valence-electron chi connectivity index (χ0n) is 16.6. The van der Waals surface area contributed by atoms with Gasteiger partial charge in [-0.25, -0.2) is 4.79 Å². The number of nitrogens with one attached hydrogen (secondary N) is 1. The molecule has 0 radical (unpaired) electrons. The molecule has 0 aliphatic rings. The van der Waals surface area contributed by atoms with Crippen molar-refractivity contribution in [3.05, 3.63) is 64.7 Å². The molecule has 5 nitrogen and oxygen atoms in total. The lowest BCUT2D eigenvalue weighted by molar-refractivity contribution is -0.123. The number of benzene rings is 2. The number of carbonyl (C=O) groups excluding carboxylic acids is 2. The van der Waals surface area contributed by atoms with Crippen LogP contribution in [0.15, 0.2) is 42.5 Å². The molecule has 0 aliphatic heterocycles. The van der Waals surface area contributed by atoms with Crippen molar-refractivity contribution >= 4 is 11.9 Å². The molecule has 0 atom stereocenters. The van der Waals surface area contributed by atoms with Gasteiger partial charge in [-0.3, -0.25) is 4.79 Å². The molecule has 2 rings (SSSR count). The Morgan fingerprint density at radius 1 is 1.04 bits per heavy atom. The van der Waals surface area contributed by atoms with E-state index in [0.29, 0.717) is 12.1 Å². The Kier molecular flexibility index (Phi) is 6.61. The maximum absolute atomic E-state index is 12.1. The summed E-state index contributed by atoms with van der Waals surface area (Å²) in [5, 5.41) is 2.82. The Morgan fingerprint density at radius 2 is 1.70 bits per heavy atom. The number of methoxy groups -OCH3 is 1. The topological polar surface area (TPSA) is 64.6 Å². The van der Waals surface area contributed by atoms with Crippen molar-refractivity contribution in [3.63, 3.8) is 0 Å². The van der Waals surface area contributed by atoms with Gasteiger partial charge in [-0.15, -0.1) is 0 Å². The minimum Gasteiger partial charge on any atom is -0.483 e. The predicted molar refractivity (Wildman–Crippen MR) is 105 cm³/mol. The minimum absolute atomic E-state index is 0.0492. The van der Waals surface area contributed by atoms with Gasteiger partial charge >= 0.3 is 5.97 Å². The second-order valence-corrected chi connectivity index (χ2v) is 7.50. The van der Waals surface area contributed by atoms with Crippen molar-refractivity contribution in [3.8, 4) is 5.75 Å². The molecule has 0 aliphatic carbocycles. The third-order valence-corrected chi connectivity index (χ3v) is 4.17. The molecule has 27 heavy (non-hydrogen) atoms. The average molecular weight is 369 g/mol. The van der Waals surface area contributed by atoms with Crippen molar-refractivity contribution in [1.82, 2.24) is 5.32 Å². The van der Waals surface area contributed by atoms with E-state index in [9.17, 15) is 9.59 Å². The number of hydrogen-bond acceptors (Lipinski definition) is 4. The Bertz CT molecular complexity index is 804. The molecule has 0 heterocycles. The molecule has 0 fully saturated rings. The molecular formula is C22H27NO4. The van der Waals surface area contributed by atoms with E-state index in [1.807, 2.05) is 19.1 Å². The molecule has 0 unspecified atom stereocenters. The summed E-state index contributed by atoms with van der Waals surface area (Å²) in [7, 11) is 1.34. The van der Waals surface area contributed by atoms with Crippen molar-refractivity contribution in [1.29, 1.82) is 0 Å². The lowest BCUT2D eigenvalue weighted by Gasteiger charge is -2.23. The first-order valence-electron chi connectivity index (χ1n) is 8.88. The number of amides is 1. The average Bonchev–Trinajstić information content (AvgIpc) is 2.64. The molecule has 1 amide bonds. The maximum atomic E-state index is 12.1. The Labute approximate surface area is 160 Å². The number of esters is 1. The van der Waals surface area contributed by atoms with Crippen LogP contribution in [0, 0.1) is 6.92 Å². The van der Waals surface area contributed by atoms with Crippen molar-refractivity contribution in [2.24, 2.45) is 0 Å². The van der Waals surface area contributed by atoms with E-state index in [1.54, 1.807) is 24.3 Å². The molecule has 0 saturated heterocycles. The van der Waals surface area contributed by atoms with Gasteiger partial charge in [0.25, 0.3) is 5.91 Å². The molecule has 144 valence electrons. The summed E-state index contributed by atoms with van der Waals surface area (Å²) in [6, 6.07) is 12.9. The fraction of sp³-hybridized carbons (Fsp3) is 0.364. The van der Waals surface area contributed by atoms with Gasteiger partial charge in [0.15, 0.2) is 6.61 Å². The summed E-state index contributed by atoms with van der Waals surface area (Å²) >= 11 is 0. The first kappa shape index (κ1) is 20.5. The number of carbonyl (C=O) groups is 2. The summed E-state index contributed by atoms with van der Waals surface area (Å²) in [5.74, 6) is 0.143.